The number of carbonyl (C=O) groups is 1. The van der Waals surface area contributed by atoms with Crippen LogP contribution in [0.25, 0.3) is 0 Å². The Hall–Kier alpha value is -3.32. The minimum atomic E-state index is -0.103. The number of methoxy groups -OCH3 is 2. The molecule has 3 aromatic rings. The van der Waals surface area contributed by atoms with Gasteiger partial charge in [0.25, 0.3) is 5.91 Å². The highest BCUT2D eigenvalue weighted by atomic mass is 16.5. The van der Waals surface area contributed by atoms with Gasteiger partial charge in [0, 0.05) is 44.4 Å². The quantitative estimate of drug-likeness (QED) is 0.619. The van der Waals surface area contributed by atoms with Gasteiger partial charge in [0.05, 0.1) is 31.5 Å². The van der Waals surface area contributed by atoms with Gasteiger partial charge in [-0.25, -0.2) is 0 Å². The fraction of sp³-hybridized carbons (Fsp3) is 0.360. The van der Waals surface area contributed by atoms with Gasteiger partial charge in [0.2, 0.25) is 0 Å². The normalized spacial score (nSPS) is 18.5. The van der Waals surface area contributed by atoms with Crippen molar-refractivity contribution in [2.75, 3.05) is 27.3 Å². The number of ether oxygens (including phenoxy) is 2. The van der Waals surface area contributed by atoms with E-state index in [4.69, 9.17) is 9.47 Å². The average Bonchev–Trinajstić information content (AvgIpc) is 3.35. The number of nitrogens with one attached hydrogen (secondary N) is 1. The van der Waals surface area contributed by atoms with Crippen LogP contribution < -0.4 is 14.8 Å². The molecule has 1 aliphatic rings. The van der Waals surface area contributed by atoms with E-state index in [-0.39, 0.29) is 17.9 Å². The number of carbonyl (C=O) groups excluding carboxylic acids is 1. The van der Waals surface area contributed by atoms with E-state index in [0.717, 1.165) is 42.4 Å². The van der Waals surface area contributed by atoms with Gasteiger partial charge in [-0.15, -0.1) is 0 Å². The number of hydrogen-bond donors (Lipinski definition) is 1. The summed E-state index contributed by atoms with van der Waals surface area (Å²) in [6.45, 7) is 4.22. The highest BCUT2D eigenvalue weighted by molar-refractivity contribution is 5.95. The van der Waals surface area contributed by atoms with Crippen LogP contribution in [-0.2, 0) is 13.6 Å². The Morgan fingerprint density at radius 1 is 1.12 bits per heavy atom. The minimum Gasteiger partial charge on any atom is -0.497 e. The van der Waals surface area contributed by atoms with E-state index in [1.165, 1.54) is 5.56 Å². The number of nitrogens with zero attached hydrogens (tertiary/aromatic N) is 3. The second-order valence-electron chi connectivity index (χ2n) is 8.28. The average molecular weight is 435 g/mol. The lowest BCUT2D eigenvalue weighted by molar-refractivity contribution is 0.0934. The van der Waals surface area contributed by atoms with Crippen LogP contribution in [0.15, 0.2) is 54.7 Å². The summed E-state index contributed by atoms with van der Waals surface area (Å²) in [5.41, 5.74) is 3.61. The predicted molar refractivity (Wildman–Crippen MR) is 123 cm³/mol. The van der Waals surface area contributed by atoms with Crippen molar-refractivity contribution in [2.45, 2.75) is 25.4 Å². The largest absolute Gasteiger partial charge is 0.497 e. The van der Waals surface area contributed by atoms with E-state index < -0.39 is 0 Å². The van der Waals surface area contributed by atoms with Gasteiger partial charge in [0.15, 0.2) is 0 Å². The Morgan fingerprint density at radius 3 is 2.56 bits per heavy atom. The Morgan fingerprint density at radius 2 is 1.91 bits per heavy atom. The van der Waals surface area contributed by atoms with Gasteiger partial charge in [-0.2, -0.15) is 5.10 Å². The van der Waals surface area contributed by atoms with E-state index in [1.807, 2.05) is 38.2 Å². The maximum Gasteiger partial charge on any atom is 0.255 e. The van der Waals surface area contributed by atoms with Gasteiger partial charge >= 0.3 is 0 Å². The molecule has 2 aromatic carbocycles. The number of likely N-dealkylation sites (tertiary alicyclic amines) is 1. The molecule has 168 valence electrons. The molecule has 0 bridgehead atoms. The van der Waals surface area contributed by atoms with Gasteiger partial charge in [-0.05, 0) is 30.7 Å². The fourth-order valence-electron chi connectivity index (χ4n) is 4.52. The molecule has 0 unspecified atom stereocenters. The van der Waals surface area contributed by atoms with Crippen molar-refractivity contribution < 1.29 is 14.3 Å². The Kier molecular flexibility index (Phi) is 6.46. The second kappa shape index (κ2) is 9.44. The highest BCUT2D eigenvalue weighted by Crippen LogP contribution is 2.37. The van der Waals surface area contributed by atoms with Crippen molar-refractivity contribution in [1.29, 1.82) is 0 Å². The smallest absolute Gasteiger partial charge is 0.255 e. The molecule has 2 atom stereocenters. The van der Waals surface area contributed by atoms with Gasteiger partial charge < -0.3 is 14.8 Å². The van der Waals surface area contributed by atoms with E-state index in [0.29, 0.717) is 5.56 Å². The third-order valence-corrected chi connectivity index (χ3v) is 6.06. The lowest BCUT2D eigenvalue weighted by Crippen LogP contribution is -2.40. The standard InChI is InChI=1S/C25H30N4O3/c1-17-21(14-28(2)27-17)25(30)26-23-16-29(13-18-8-6-5-7-9-18)15-22(23)20-12-19(31-3)10-11-24(20)32-4/h5-12,14,22-23H,13,15-16H2,1-4H3,(H,26,30)/t22-,23+/m0/s1. The fourth-order valence-corrected chi connectivity index (χ4v) is 4.52. The first kappa shape index (κ1) is 21.9. The van der Waals surface area contributed by atoms with Gasteiger partial charge in [-0.1, -0.05) is 30.3 Å². The zero-order valence-corrected chi connectivity index (χ0v) is 19.0. The first-order valence-corrected chi connectivity index (χ1v) is 10.8. The molecule has 2 heterocycles. The molecule has 0 spiro atoms. The summed E-state index contributed by atoms with van der Waals surface area (Å²) < 4.78 is 12.8. The van der Waals surface area contributed by atoms with Crippen molar-refractivity contribution >= 4 is 5.91 Å². The molecule has 32 heavy (non-hydrogen) atoms. The number of amides is 1. The van der Waals surface area contributed by atoms with Crippen molar-refractivity contribution in [3.05, 3.63) is 77.1 Å². The molecule has 1 saturated heterocycles. The molecule has 1 aliphatic heterocycles. The summed E-state index contributed by atoms with van der Waals surface area (Å²) >= 11 is 0. The maximum absolute atomic E-state index is 13.1. The van der Waals surface area contributed by atoms with E-state index in [2.05, 4.69) is 39.6 Å². The van der Waals surface area contributed by atoms with Crippen LogP contribution in [0.5, 0.6) is 11.5 Å². The predicted octanol–water partition coefficient (Wildman–Crippen LogP) is 3.14. The zero-order valence-electron chi connectivity index (χ0n) is 19.0. The molecular weight excluding hydrogens is 404 g/mol. The number of rotatable bonds is 7. The molecule has 4 rings (SSSR count). The molecule has 7 nitrogen and oxygen atoms in total. The van der Waals surface area contributed by atoms with Gasteiger partial charge in [-0.3, -0.25) is 14.4 Å². The Labute approximate surface area is 188 Å². The number of benzene rings is 2. The van der Waals surface area contributed by atoms with Crippen LogP contribution in [0.4, 0.5) is 0 Å². The molecular formula is C25H30N4O3. The van der Waals surface area contributed by atoms with Crippen molar-refractivity contribution in [1.82, 2.24) is 20.0 Å². The summed E-state index contributed by atoms with van der Waals surface area (Å²) in [7, 11) is 5.16. The highest BCUT2D eigenvalue weighted by Gasteiger charge is 2.37. The van der Waals surface area contributed by atoms with Crippen molar-refractivity contribution in [3.63, 3.8) is 0 Å². The summed E-state index contributed by atoms with van der Waals surface area (Å²) in [5, 5.41) is 7.59. The molecule has 1 aromatic heterocycles. The van der Waals surface area contributed by atoms with Crippen LogP contribution in [0.3, 0.4) is 0 Å². The first-order valence-electron chi connectivity index (χ1n) is 10.8. The van der Waals surface area contributed by atoms with E-state index in [9.17, 15) is 4.79 Å². The molecule has 1 amide bonds. The molecule has 1 N–H and O–H groups in total. The Balaban J connectivity index is 1.63. The van der Waals surface area contributed by atoms with Gasteiger partial charge in [0.1, 0.15) is 11.5 Å². The molecule has 1 fully saturated rings. The maximum atomic E-state index is 13.1. The molecule has 0 saturated carbocycles. The molecule has 0 radical (unpaired) electrons. The number of aryl methyl sites for hydroxylation is 2. The summed E-state index contributed by atoms with van der Waals surface area (Å²) in [4.78, 5) is 15.5. The number of aromatic nitrogens is 2. The van der Waals surface area contributed by atoms with Crippen molar-refractivity contribution in [3.8, 4) is 11.5 Å². The van der Waals surface area contributed by atoms with Crippen LogP contribution >= 0.6 is 0 Å². The van der Waals surface area contributed by atoms with Crippen LogP contribution in [0, 0.1) is 6.92 Å². The van der Waals surface area contributed by atoms with E-state index in [1.54, 1.807) is 25.1 Å². The number of hydrogen-bond acceptors (Lipinski definition) is 5. The lowest BCUT2D eigenvalue weighted by Gasteiger charge is -2.22. The third-order valence-electron chi connectivity index (χ3n) is 6.06. The van der Waals surface area contributed by atoms with E-state index >= 15 is 0 Å². The van der Waals surface area contributed by atoms with Crippen LogP contribution in [-0.4, -0.2) is 53.9 Å². The zero-order chi connectivity index (χ0) is 22.7. The van der Waals surface area contributed by atoms with Crippen molar-refractivity contribution in [2.24, 2.45) is 7.05 Å². The topological polar surface area (TPSA) is 68.6 Å². The SMILES string of the molecule is COc1ccc(OC)c([C@@H]2CN(Cc3ccccc3)C[C@H]2NC(=O)c2cn(C)nc2C)c1. The lowest BCUT2D eigenvalue weighted by atomic mass is 9.93. The Bertz CT molecular complexity index is 1080. The van der Waals surface area contributed by atoms with Crippen LogP contribution in [0.1, 0.15) is 33.1 Å². The summed E-state index contributed by atoms with van der Waals surface area (Å²) in [5.74, 6) is 1.53. The van der Waals surface area contributed by atoms with Crippen LogP contribution in [0.2, 0.25) is 0 Å². The second-order valence-corrected chi connectivity index (χ2v) is 8.28. The first-order chi connectivity index (χ1) is 15.5. The molecule has 0 aliphatic carbocycles. The minimum absolute atomic E-state index is 0.0599. The summed E-state index contributed by atoms with van der Waals surface area (Å²) in [6.07, 6.45) is 1.77. The molecule has 7 heteroatoms. The third kappa shape index (κ3) is 4.62. The monoisotopic (exact) mass is 434 g/mol. The summed E-state index contributed by atoms with van der Waals surface area (Å²) in [6, 6.07) is 16.2.